The quantitative estimate of drug-likeness (QED) is 0.795. The molecule has 0 radical (unpaired) electrons. The van der Waals surface area contributed by atoms with Gasteiger partial charge < -0.3 is 5.32 Å². The molecule has 0 bridgehead atoms. The number of tetrazole rings is 1. The molecule has 3 aromatic rings. The van der Waals surface area contributed by atoms with Gasteiger partial charge in [0.15, 0.2) is 0 Å². The first-order chi connectivity index (χ1) is 9.33. The van der Waals surface area contributed by atoms with Gasteiger partial charge in [-0.2, -0.15) is 0 Å². The van der Waals surface area contributed by atoms with Crippen LogP contribution in [-0.2, 0) is 6.54 Å². The van der Waals surface area contributed by atoms with Crippen LogP contribution in [0.4, 0.5) is 5.69 Å². The maximum atomic E-state index is 3.84. The van der Waals surface area contributed by atoms with Crippen molar-refractivity contribution in [3.63, 3.8) is 0 Å². The zero-order valence-electron chi connectivity index (χ0n) is 9.82. The van der Waals surface area contributed by atoms with Crippen molar-refractivity contribution >= 4 is 33.0 Å². The summed E-state index contributed by atoms with van der Waals surface area (Å²) in [5.74, 6) is 0. The van der Waals surface area contributed by atoms with Crippen LogP contribution in [0.1, 0.15) is 4.88 Å². The van der Waals surface area contributed by atoms with Crippen LogP contribution in [-0.4, -0.2) is 20.2 Å². The second-order valence-electron chi connectivity index (χ2n) is 3.85. The molecule has 0 amide bonds. The molecule has 0 spiro atoms. The summed E-state index contributed by atoms with van der Waals surface area (Å²) in [6.45, 7) is 0.808. The highest BCUT2D eigenvalue weighted by Gasteiger charge is 2.02. The maximum absolute atomic E-state index is 3.84. The molecule has 0 aliphatic rings. The van der Waals surface area contributed by atoms with Gasteiger partial charge in [-0.1, -0.05) is 0 Å². The van der Waals surface area contributed by atoms with Crippen LogP contribution in [0.3, 0.4) is 0 Å². The van der Waals surface area contributed by atoms with Crippen LogP contribution in [0, 0.1) is 0 Å². The lowest BCUT2D eigenvalue weighted by atomic mass is 10.3. The van der Waals surface area contributed by atoms with Gasteiger partial charge in [-0.15, -0.1) is 16.4 Å². The lowest BCUT2D eigenvalue weighted by Gasteiger charge is -2.06. The van der Waals surface area contributed by atoms with Crippen LogP contribution in [0.25, 0.3) is 5.69 Å². The number of benzene rings is 1. The molecule has 3 rings (SSSR count). The normalized spacial score (nSPS) is 10.6. The van der Waals surface area contributed by atoms with Crippen LogP contribution in [0.5, 0.6) is 0 Å². The summed E-state index contributed by atoms with van der Waals surface area (Å²) in [6.07, 6.45) is 1.57. The van der Waals surface area contributed by atoms with Gasteiger partial charge in [0.25, 0.3) is 0 Å². The van der Waals surface area contributed by atoms with Gasteiger partial charge in [0.2, 0.25) is 0 Å². The average molecular weight is 336 g/mol. The molecule has 0 aliphatic heterocycles. The summed E-state index contributed by atoms with van der Waals surface area (Å²) < 4.78 is 2.77. The third-order valence-corrected chi connectivity index (χ3v) is 4.55. The van der Waals surface area contributed by atoms with Crippen molar-refractivity contribution in [2.24, 2.45) is 0 Å². The highest BCUT2D eigenvalue weighted by Crippen LogP contribution is 2.23. The number of nitrogens with zero attached hydrogens (tertiary/aromatic N) is 4. The Hall–Kier alpha value is -1.73. The molecule has 1 N–H and O–H groups in total. The molecule has 0 saturated carbocycles. The van der Waals surface area contributed by atoms with Crippen LogP contribution in [0.15, 0.2) is 46.5 Å². The highest BCUT2D eigenvalue weighted by atomic mass is 79.9. The number of halogens is 1. The Balaban J connectivity index is 1.68. The monoisotopic (exact) mass is 335 g/mol. The van der Waals surface area contributed by atoms with Gasteiger partial charge in [0.05, 0.1) is 12.2 Å². The van der Waals surface area contributed by atoms with Crippen molar-refractivity contribution in [1.82, 2.24) is 20.2 Å². The number of rotatable bonds is 4. The van der Waals surface area contributed by atoms with E-state index in [0.29, 0.717) is 0 Å². The maximum Gasteiger partial charge on any atom is 0.143 e. The number of hydrogen-bond donors (Lipinski definition) is 1. The first kappa shape index (κ1) is 12.3. The third-order valence-electron chi connectivity index (χ3n) is 2.62. The largest absolute Gasteiger partial charge is 0.380 e. The zero-order valence-corrected chi connectivity index (χ0v) is 12.2. The minimum absolute atomic E-state index is 0.808. The zero-order chi connectivity index (χ0) is 13.1. The Bertz CT molecular complexity index is 647. The predicted molar refractivity (Wildman–Crippen MR) is 78.5 cm³/mol. The summed E-state index contributed by atoms with van der Waals surface area (Å²) in [5, 5.41) is 16.5. The van der Waals surface area contributed by atoms with E-state index in [-0.39, 0.29) is 0 Å². The van der Waals surface area contributed by atoms with Gasteiger partial charge in [-0.3, -0.25) is 0 Å². The van der Waals surface area contributed by atoms with Crippen molar-refractivity contribution in [3.05, 3.63) is 51.4 Å². The Morgan fingerprint density at radius 3 is 2.68 bits per heavy atom. The molecule has 0 fully saturated rings. The minimum atomic E-state index is 0.808. The van der Waals surface area contributed by atoms with Crippen molar-refractivity contribution in [1.29, 1.82) is 0 Å². The van der Waals surface area contributed by atoms with Crippen LogP contribution < -0.4 is 5.32 Å². The van der Waals surface area contributed by atoms with Crippen molar-refractivity contribution in [2.75, 3.05) is 5.32 Å². The molecule has 2 heterocycles. The summed E-state index contributed by atoms with van der Waals surface area (Å²) in [4.78, 5) is 1.28. The molecule has 19 heavy (non-hydrogen) atoms. The topological polar surface area (TPSA) is 55.6 Å². The van der Waals surface area contributed by atoms with Crippen molar-refractivity contribution in [2.45, 2.75) is 6.54 Å². The van der Waals surface area contributed by atoms with E-state index in [1.54, 1.807) is 22.3 Å². The standard InChI is InChI=1S/C12H10BrN5S/c13-11-5-6-19-12(11)7-14-9-1-3-10(4-2-9)18-8-15-16-17-18/h1-6,8,14H,7H2. The minimum Gasteiger partial charge on any atom is -0.380 e. The molecule has 0 aliphatic carbocycles. The molecular formula is C12H10BrN5S. The fourth-order valence-corrected chi connectivity index (χ4v) is 3.08. The second kappa shape index (κ2) is 5.50. The predicted octanol–water partition coefficient (Wildman–Crippen LogP) is 3.10. The van der Waals surface area contributed by atoms with E-state index in [9.17, 15) is 0 Å². The fraction of sp³-hybridized carbons (Fsp3) is 0.0833. The van der Waals surface area contributed by atoms with Gasteiger partial charge in [0, 0.05) is 15.0 Å². The SMILES string of the molecule is Brc1ccsc1CNc1ccc(-n2cnnn2)cc1. The second-order valence-corrected chi connectivity index (χ2v) is 5.70. The molecule has 1 aromatic carbocycles. The molecule has 5 nitrogen and oxygen atoms in total. The number of aromatic nitrogens is 4. The van der Waals surface area contributed by atoms with E-state index in [0.717, 1.165) is 22.4 Å². The summed E-state index contributed by atoms with van der Waals surface area (Å²) in [5.41, 5.74) is 2.00. The first-order valence-corrected chi connectivity index (χ1v) is 7.29. The van der Waals surface area contributed by atoms with E-state index in [2.05, 4.69) is 48.2 Å². The first-order valence-electron chi connectivity index (χ1n) is 5.62. The van der Waals surface area contributed by atoms with E-state index in [1.165, 1.54) is 4.88 Å². The highest BCUT2D eigenvalue weighted by molar-refractivity contribution is 9.10. The van der Waals surface area contributed by atoms with Gasteiger partial charge in [0.1, 0.15) is 6.33 Å². The fourth-order valence-electron chi connectivity index (χ4n) is 1.65. The molecule has 7 heteroatoms. The Labute approximate surface area is 122 Å². The summed E-state index contributed by atoms with van der Waals surface area (Å²) in [7, 11) is 0. The molecular weight excluding hydrogens is 326 g/mol. The lowest BCUT2D eigenvalue weighted by Crippen LogP contribution is -1.99. The van der Waals surface area contributed by atoms with Crippen molar-refractivity contribution < 1.29 is 0 Å². The summed E-state index contributed by atoms with van der Waals surface area (Å²) >= 11 is 5.25. The van der Waals surface area contributed by atoms with E-state index in [4.69, 9.17) is 0 Å². The number of nitrogens with one attached hydrogen (secondary N) is 1. The van der Waals surface area contributed by atoms with Gasteiger partial charge in [-0.25, -0.2) is 4.68 Å². The molecule has 0 saturated heterocycles. The van der Waals surface area contributed by atoms with Crippen LogP contribution >= 0.6 is 27.3 Å². The van der Waals surface area contributed by atoms with E-state index in [1.807, 2.05) is 24.3 Å². The summed E-state index contributed by atoms with van der Waals surface area (Å²) in [6, 6.07) is 10.0. The molecule has 0 unspecified atom stereocenters. The Morgan fingerprint density at radius 2 is 2.05 bits per heavy atom. The number of anilines is 1. The average Bonchev–Trinajstić information content (AvgIpc) is 3.09. The Morgan fingerprint density at radius 1 is 1.21 bits per heavy atom. The molecule has 0 atom stereocenters. The van der Waals surface area contributed by atoms with E-state index < -0.39 is 0 Å². The number of hydrogen-bond acceptors (Lipinski definition) is 5. The molecule has 96 valence electrons. The van der Waals surface area contributed by atoms with Gasteiger partial charge in [-0.05, 0) is 62.1 Å². The Kier molecular flexibility index (Phi) is 3.56. The van der Waals surface area contributed by atoms with E-state index >= 15 is 0 Å². The smallest absolute Gasteiger partial charge is 0.143 e. The number of thiophene rings is 1. The lowest BCUT2D eigenvalue weighted by molar-refractivity contribution is 0.789. The van der Waals surface area contributed by atoms with Gasteiger partial charge >= 0.3 is 0 Å². The third kappa shape index (κ3) is 2.82. The molecule has 2 aromatic heterocycles. The van der Waals surface area contributed by atoms with Crippen LogP contribution in [0.2, 0.25) is 0 Å². The van der Waals surface area contributed by atoms with Crippen molar-refractivity contribution in [3.8, 4) is 5.69 Å².